The van der Waals surface area contributed by atoms with Crippen molar-refractivity contribution in [3.63, 3.8) is 0 Å². The first-order valence-electron chi connectivity index (χ1n) is 9.82. The zero-order valence-electron chi connectivity index (χ0n) is 17.8. The van der Waals surface area contributed by atoms with E-state index in [0.717, 1.165) is 0 Å². The number of benzene rings is 3. The van der Waals surface area contributed by atoms with Crippen molar-refractivity contribution >= 4 is 41.2 Å². The van der Waals surface area contributed by atoms with Gasteiger partial charge in [-0.1, -0.05) is 0 Å². The van der Waals surface area contributed by atoms with Crippen LogP contribution in [0.1, 0.15) is 38.8 Å². The number of allylic oxidation sites excluding steroid dienone is 4. The maximum Gasteiger partial charge on any atom is -0.147 e. The van der Waals surface area contributed by atoms with Crippen LogP contribution in [0.25, 0.3) is 27.5 Å². The van der Waals surface area contributed by atoms with Crippen LogP contribution in [0.5, 0.6) is 0 Å². The van der Waals surface area contributed by atoms with Crippen LogP contribution in [0, 0.1) is 5.92 Å². The largest absolute Gasteiger partial charge is 0.147 e. The second-order valence-electron chi connectivity index (χ2n) is 7.72. The predicted molar refractivity (Wildman–Crippen MR) is 129 cm³/mol. The molecule has 30 heavy (non-hydrogen) atoms. The Labute approximate surface area is 204 Å². The first kappa shape index (κ1) is 24.9. The molecule has 1 aliphatic carbocycles. The summed E-state index contributed by atoms with van der Waals surface area (Å²) in [7, 11) is 0. The fraction of sp³-hybridized carbons (Fsp3) is 0.231. The number of fused-ring (bicyclic) bond motifs is 1. The normalized spacial score (nSPS) is 15.9. The van der Waals surface area contributed by atoms with Gasteiger partial charge < -0.3 is 0 Å². The van der Waals surface area contributed by atoms with Crippen molar-refractivity contribution in [2.45, 2.75) is 34.3 Å². The van der Waals surface area contributed by atoms with E-state index < -0.39 is 0 Å². The van der Waals surface area contributed by atoms with Gasteiger partial charge in [-0.2, -0.15) is 0 Å². The Bertz CT molecular complexity index is 1130. The maximum absolute atomic E-state index is 5.52. The summed E-state index contributed by atoms with van der Waals surface area (Å²) in [6, 6.07) is 22.0. The second kappa shape index (κ2) is 10.3. The van der Waals surface area contributed by atoms with Gasteiger partial charge >= 0.3 is 180 Å². The second-order valence-corrected chi connectivity index (χ2v) is 8.17. The van der Waals surface area contributed by atoms with Crippen LogP contribution in [0.4, 0.5) is 0 Å². The molecule has 0 saturated heterocycles. The zero-order chi connectivity index (χ0) is 19.8. The Hall–Kier alpha value is -1.35. The minimum absolute atomic E-state index is 0. The Kier molecular flexibility index (Phi) is 8.56. The van der Waals surface area contributed by atoms with Crippen LogP contribution in [0.2, 0.25) is 0 Å². The van der Waals surface area contributed by atoms with Crippen molar-refractivity contribution in [2.24, 2.45) is 5.92 Å². The van der Waals surface area contributed by atoms with Gasteiger partial charge in [-0.3, -0.25) is 0 Å². The minimum Gasteiger partial charge on any atom is -0.147 e. The number of hydrogen-bond acceptors (Lipinski definition) is 1. The van der Waals surface area contributed by atoms with Crippen molar-refractivity contribution in [1.82, 2.24) is 0 Å². The van der Waals surface area contributed by atoms with Gasteiger partial charge in [0.15, 0.2) is 0 Å². The summed E-state index contributed by atoms with van der Waals surface area (Å²) < 4.78 is 5.52. The summed E-state index contributed by atoms with van der Waals surface area (Å²) in [6.07, 6.45) is 0. The van der Waals surface area contributed by atoms with E-state index in [1.807, 2.05) is 0 Å². The number of halogens is 2. The summed E-state index contributed by atoms with van der Waals surface area (Å²) in [5.41, 5.74) is 11.0. The molecule has 0 spiro atoms. The smallest absolute Gasteiger partial charge is 0.147 e. The monoisotopic (exact) mass is 473 g/mol. The van der Waals surface area contributed by atoms with Crippen LogP contribution in [-0.2, 0) is 30.7 Å². The van der Waals surface area contributed by atoms with Crippen LogP contribution in [0.3, 0.4) is 0 Å². The molecule has 0 heterocycles. The molecular weight excluding hydrogens is 447 g/mol. The molecule has 0 radical (unpaired) electrons. The molecule has 1 nitrogen and oxygen atoms in total. The molecule has 0 N–H and O–H groups in total. The molecule has 155 valence electrons. The minimum atomic E-state index is 0. The van der Waals surface area contributed by atoms with Crippen molar-refractivity contribution in [3.8, 4) is 11.1 Å². The van der Waals surface area contributed by atoms with Crippen molar-refractivity contribution in [2.75, 3.05) is 0 Å². The van der Waals surface area contributed by atoms with Crippen LogP contribution in [-0.4, -0.2) is 0 Å². The molecule has 0 aromatic heterocycles. The van der Waals surface area contributed by atoms with E-state index in [1.165, 1.54) is 55.3 Å². The quantitative estimate of drug-likeness (QED) is 0.348. The molecular formula is C26H27Cl2OTi. The van der Waals surface area contributed by atoms with Crippen LogP contribution >= 0.6 is 24.8 Å². The van der Waals surface area contributed by atoms with E-state index in [1.54, 1.807) is 20.8 Å². The molecule has 0 saturated carbocycles. The standard InChI is InChI=1S/C26H25O.2ClH.Ti/c1-16-17(2)19(4)25(18(16)3)24-14-13-20-9-5-7-11-22(20)26(24)23-12-8-6-10-21(23)15-27;;;/h5-14,18H,15H2,1-4H3;2*1H;/q-1;;;+1. The summed E-state index contributed by atoms with van der Waals surface area (Å²) in [5, 5.41) is 2.58. The molecule has 0 aliphatic heterocycles. The van der Waals surface area contributed by atoms with E-state index in [-0.39, 0.29) is 24.8 Å². The average Bonchev–Trinajstić information content (AvgIpc) is 2.91. The third-order valence-corrected chi connectivity index (χ3v) is 6.60. The first-order valence-corrected chi connectivity index (χ1v) is 10.5. The molecule has 0 bridgehead atoms. The third kappa shape index (κ3) is 4.20. The molecule has 1 atom stereocenters. The van der Waals surface area contributed by atoms with Crippen molar-refractivity contribution in [1.29, 1.82) is 0 Å². The summed E-state index contributed by atoms with van der Waals surface area (Å²) in [4.78, 5) is 0. The Morgan fingerprint density at radius 1 is 0.800 bits per heavy atom. The van der Waals surface area contributed by atoms with Gasteiger partial charge in [0.05, 0.1) is 0 Å². The number of rotatable bonds is 4. The Morgan fingerprint density at radius 3 is 2.13 bits per heavy atom. The summed E-state index contributed by atoms with van der Waals surface area (Å²) >= 11 is 1.77. The summed E-state index contributed by atoms with van der Waals surface area (Å²) in [5.74, 6) is 0.439. The van der Waals surface area contributed by atoms with Crippen molar-refractivity contribution < 1.29 is 24.1 Å². The molecule has 4 rings (SSSR count). The molecule has 0 fully saturated rings. The van der Waals surface area contributed by atoms with E-state index in [9.17, 15) is 0 Å². The molecule has 0 amide bonds. The Balaban J connectivity index is 0.00000160. The van der Waals surface area contributed by atoms with Gasteiger partial charge in [0.1, 0.15) is 0 Å². The SMILES string of the molecule is CC1=C(C)C(C)C(c2ccc3ccccc3c2-c2ccccc2C[O][Ti])=C1C.Cl.Cl. The van der Waals surface area contributed by atoms with Crippen LogP contribution in [0.15, 0.2) is 77.4 Å². The maximum atomic E-state index is 5.52. The van der Waals surface area contributed by atoms with Gasteiger partial charge in [0.25, 0.3) is 0 Å². The third-order valence-electron chi connectivity index (χ3n) is 6.37. The van der Waals surface area contributed by atoms with Crippen molar-refractivity contribution in [3.05, 3.63) is 88.5 Å². The number of hydrogen-bond donors (Lipinski definition) is 0. The van der Waals surface area contributed by atoms with Gasteiger partial charge in [0, 0.05) is 0 Å². The molecule has 4 heteroatoms. The van der Waals surface area contributed by atoms with E-state index in [4.69, 9.17) is 3.32 Å². The Morgan fingerprint density at radius 2 is 1.47 bits per heavy atom. The topological polar surface area (TPSA) is 9.23 Å². The average molecular weight is 474 g/mol. The fourth-order valence-corrected chi connectivity index (χ4v) is 4.80. The van der Waals surface area contributed by atoms with E-state index in [2.05, 4.69) is 88.4 Å². The van der Waals surface area contributed by atoms with Gasteiger partial charge in [0.2, 0.25) is 0 Å². The fourth-order valence-electron chi connectivity index (χ4n) is 4.55. The predicted octanol–water partition coefficient (Wildman–Crippen LogP) is 8.09. The van der Waals surface area contributed by atoms with E-state index in [0.29, 0.717) is 12.5 Å². The van der Waals surface area contributed by atoms with Gasteiger partial charge in [-0.05, 0) is 0 Å². The van der Waals surface area contributed by atoms with Gasteiger partial charge in [-0.15, -0.1) is 24.8 Å². The molecule has 1 aliphatic rings. The van der Waals surface area contributed by atoms with Gasteiger partial charge in [-0.25, -0.2) is 0 Å². The zero-order valence-corrected chi connectivity index (χ0v) is 21.0. The molecule has 3 aromatic carbocycles. The summed E-state index contributed by atoms with van der Waals surface area (Å²) in [6.45, 7) is 9.76. The van der Waals surface area contributed by atoms with E-state index >= 15 is 0 Å². The molecule has 1 unspecified atom stereocenters. The van der Waals surface area contributed by atoms with Crippen LogP contribution < -0.4 is 0 Å². The first-order chi connectivity index (χ1) is 13.5. The molecule has 3 aromatic rings.